The Hall–Kier alpha value is -2.58. The van der Waals surface area contributed by atoms with E-state index in [2.05, 4.69) is 5.32 Å². The van der Waals surface area contributed by atoms with Crippen LogP contribution in [0, 0.1) is 0 Å². The van der Waals surface area contributed by atoms with Gasteiger partial charge in [-0.3, -0.25) is 4.79 Å². The number of ether oxygens (including phenoxy) is 2. The predicted molar refractivity (Wildman–Crippen MR) is 103 cm³/mol. The highest BCUT2D eigenvalue weighted by molar-refractivity contribution is 7.89. The molecule has 2 aromatic carbocycles. The molecule has 8 heteroatoms. The topological polar surface area (TPSA) is 84.9 Å². The summed E-state index contributed by atoms with van der Waals surface area (Å²) >= 11 is 0. The van der Waals surface area contributed by atoms with Crippen LogP contribution in [0.3, 0.4) is 0 Å². The second-order valence-corrected chi connectivity index (χ2v) is 7.88. The number of carbonyl (C=O) groups is 1. The summed E-state index contributed by atoms with van der Waals surface area (Å²) in [7, 11) is 0.717. The molecule has 0 aliphatic rings. The lowest BCUT2D eigenvalue weighted by Crippen LogP contribution is -2.27. The fourth-order valence-electron chi connectivity index (χ4n) is 2.53. The number of hydrogen-bond donors (Lipinski definition) is 1. The molecule has 146 valence electrons. The fraction of sp³-hybridized carbons (Fsp3) is 0.316. The maximum Gasteiger partial charge on any atom is 0.255 e. The van der Waals surface area contributed by atoms with Crippen LogP contribution in [0.5, 0.6) is 11.5 Å². The third-order valence-electron chi connectivity index (χ3n) is 4.03. The number of amides is 1. The van der Waals surface area contributed by atoms with E-state index in [1.807, 2.05) is 0 Å². The Morgan fingerprint density at radius 2 is 1.74 bits per heavy atom. The van der Waals surface area contributed by atoms with Crippen LogP contribution in [0.15, 0.2) is 47.4 Å². The van der Waals surface area contributed by atoms with E-state index in [0.29, 0.717) is 18.0 Å². The van der Waals surface area contributed by atoms with Crippen LogP contribution in [0.1, 0.15) is 22.8 Å². The van der Waals surface area contributed by atoms with Gasteiger partial charge in [0.15, 0.2) is 0 Å². The average Bonchev–Trinajstić information content (AvgIpc) is 2.68. The molecule has 0 fully saturated rings. The molecule has 0 spiro atoms. The van der Waals surface area contributed by atoms with Gasteiger partial charge in [-0.1, -0.05) is 12.1 Å². The molecule has 1 amide bonds. The first-order valence-electron chi connectivity index (χ1n) is 8.39. The molecule has 0 atom stereocenters. The molecule has 0 aliphatic carbocycles. The Morgan fingerprint density at radius 1 is 1.07 bits per heavy atom. The number of rotatable bonds is 8. The minimum atomic E-state index is -3.78. The Labute approximate surface area is 160 Å². The van der Waals surface area contributed by atoms with Crippen LogP contribution in [0.2, 0.25) is 0 Å². The number of sulfonamides is 1. The monoisotopic (exact) mass is 392 g/mol. The minimum Gasteiger partial charge on any atom is -0.497 e. The van der Waals surface area contributed by atoms with E-state index >= 15 is 0 Å². The van der Waals surface area contributed by atoms with Crippen molar-refractivity contribution >= 4 is 15.9 Å². The largest absolute Gasteiger partial charge is 0.497 e. The van der Waals surface area contributed by atoms with Crippen molar-refractivity contribution in [3.8, 4) is 11.5 Å². The van der Waals surface area contributed by atoms with Crippen molar-refractivity contribution in [3.05, 3.63) is 53.6 Å². The molecule has 2 rings (SSSR count). The third-order valence-corrected chi connectivity index (χ3v) is 5.82. The van der Waals surface area contributed by atoms with Crippen LogP contribution in [-0.4, -0.2) is 46.4 Å². The summed E-state index contributed by atoms with van der Waals surface area (Å²) in [6, 6.07) is 11.4. The van der Waals surface area contributed by atoms with E-state index in [-0.39, 0.29) is 22.9 Å². The van der Waals surface area contributed by atoms with E-state index in [1.54, 1.807) is 38.3 Å². The quantitative estimate of drug-likeness (QED) is 0.745. The van der Waals surface area contributed by atoms with Gasteiger partial charge in [0.1, 0.15) is 11.5 Å². The van der Waals surface area contributed by atoms with Crippen molar-refractivity contribution in [1.82, 2.24) is 9.62 Å². The highest BCUT2D eigenvalue weighted by atomic mass is 32.2. The Balaban J connectivity index is 2.30. The fourth-order valence-corrected chi connectivity index (χ4v) is 3.72. The summed E-state index contributed by atoms with van der Waals surface area (Å²) in [5, 5.41) is 2.66. The van der Waals surface area contributed by atoms with Crippen molar-refractivity contribution in [2.75, 3.05) is 27.8 Å². The van der Waals surface area contributed by atoms with Gasteiger partial charge in [0.2, 0.25) is 10.0 Å². The smallest absolute Gasteiger partial charge is 0.255 e. The zero-order valence-corrected chi connectivity index (χ0v) is 16.7. The number of hydrogen-bond acceptors (Lipinski definition) is 5. The molecule has 7 nitrogen and oxygen atoms in total. The number of methoxy groups -OCH3 is 2. The van der Waals surface area contributed by atoms with Crippen LogP contribution >= 0.6 is 0 Å². The second kappa shape index (κ2) is 8.88. The van der Waals surface area contributed by atoms with Crippen LogP contribution in [-0.2, 0) is 16.6 Å². The predicted octanol–water partition coefficient (Wildman–Crippen LogP) is 2.27. The molecule has 0 saturated heterocycles. The van der Waals surface area contributed by atoms with Crippen LogP contribution < -0.4 is 14.8 Å². The number of carbonyl (C=O) groups excluding carboxylic acids is 1. The van der Waals surface area contributed by atoms with E-state index in [1.165, 1.54) is 36.7 Å². The third kappa shape index (κ3) is 4.78. The van der Waals surface area contributed by atoms with Crippen LogP contribution in [0.25, 0.3) is 0 Å². The summed E-state index contributed by atoms with van der Waals surface area (Å²) in [6.07, 6.45) is 0. The molecule has 0 heterocycles. The van der Waals surface area contributed by atoms with Gasteiger partial charge in [-0.2, -0.15) is 4.31 Å². The van der Waals surface area contributed by atoms with Gasteiger partial charge in [-0.25, -0.2) is 8.42 Å². The first-order chi connectivity index (χ1) is 12.8. The van der Waals surface area contributed by atoms with E-state index < -0.39 is 10.0 Å². The lowest BCUT2D eigenvalue weighted by atomic mass is 10.2. The summed E-state index contributed by atoms with van der Waals surface area (Å²) in [6.45, 7) is 2.40. The molecule has 0 aliphatic heterocycles. The lowest BCUT2D eigenvalue weighted by Gasteiger charge is -2.18. The molecule has 0 unspecified atom stereocenters. The van der Waals surface area contributed by atoms with Gasteiger partial charge in [0, 0.05) is 20.1 Å². The Morgan fingerprint density at radius 3 is 2.30 bits per heavy atom. The van der Waals surface area contributed by atoms with Gasteiger partial charge >= 0.3 is 0 Å². The molecule has 0 saturated carbocycles. The molecule has 1 N–H and O–H groups in total. The van der Waals surface area contributed by atoms with Gasteiger partial charge in [-0.05, 0) is 42.8 Å². The summed E-state index contributed by atoms with van der Waals surface area (Å²) in [4.78, 5) is 12.2. The van der Waals surface area contributed by atoms with Gasteiger partial charge in [-0.15, -0.1) is 0 Å². The number of benzene rings is 2. The average molecular weight is 392 g/mol. The molecule has 2 aromatic rings. The summed E-state index contributed by atoms with van der Waals surface area (Å²) in [5.41, 5.74) is 0.998. The molecule has 27 heavy (non-hydrogen) atoms. The highest BCUT2D eigenvalue weighted by Gasteiger charge is 2.24. The lowest BCUT2D eigenvalue weighted by molar-refractivity contribution is 0.0952. The summed E-state index contributed by atoms with van der Waals surface area (Å²) < 4.78 is 37.4. The van der Waals surface area contributed by atoms with Crippen molar-refractivity contribution < 1.29 is 22.7 Å². The molecule has 0 aromatic heterocycles. The van der Waals surface area contributed by atoms with Gasteiger partial charge < -0.3 is 14.8 Å². The summed E-state index contributed by atoms with van der Waals surface area (Å²) in [5.74, 6) is 0.632. The normalized spacial score (nSPS) is 11.3. The second-order valence-electron chi connectivity index (χ2n) is 5.83. The molecule has 0 radical (unpaired) electrons. The zero-order chi connectivity index (χ0) is 20.0. The van der Waals surface area contributed by atoms with E-state index in [9.17, 15) is 13.2 Å². The van der Waals surface area contributed by atoms with Crippen LogP contribution in [0.4, 0.5) is 0 Å². The standard InChI is InChI=1S/C19H24N2O5S/c1-5-20-19(22)17-12-16(10-11-18(17)26-4)27(23,24)21(2)13-14-6-8-15(25-3)9-7-14/h6-12H,5,13H2,1-4H3,(H,20,22). The minimum absolute atomic E-state index is 0.0283. The van der Waals surface area contributed by atoms with E-state index in [4.69, 9.17) is 9.47 Å². The maximum absolute atomic E-state index is 12.9. The Kier molecular flexibility index (Phi) is 6.81. The highest BCUT2D eigenvalue weighted by Crippen LogP contribution is 2.25. The SMILES string of the molecule is CCNC(=O)c1cc(S(=O)(=O)N(C)Cc2ccc(OC)cc2)ccc1OC. The first-order valence-corrected chi connectivity index (χ1v) is 9.83. The zero-order valence-electron chi connectivity index (χ0n) is 15.9. The molecular formula is C19H24N2O5S. The van der Waals surface area contributed by atoms with Crippen molar-refractivity contribution in [3.63, 3.8) is 0 Å². The number of nitrogens with zero attached hydrogens (tertiary/aromatic N) is 1. The maximum atomic E-state index is 12.9. The van der Waals surface area contributed by atoms with Crippen molar-refractivity contribution in [2.45, 2.75) is 18.4 Å². The van der Waals surface area contributed by atoms with E-state index in [0.717, 1.165) is 5.56 Å². The first kappa shape index (κ1) is 20.7. The Bertz CT molecular complexity index is 895. The van der Waals surface area contributed by atoms with Gasteiger partial charge in [0.25, 0.3) is 5.91 Å². The van der Waals surface area contributed by atoms with Crippen molar-refractivity contribution in [1.29, 1.82) is 0 Å². The van der Waals surface area contributed by atoms with Crippen molar-refractivity contribution in [2.24, 2.45) is 0 Å². The molecular weight excluding hydrogens is 368 g/mol. The van der Waals surface area contributed by atoms with Gasteiger partial charge in [0.05, 0.1) is 24.7 Å². The molecule has 0 bridgehead atoms. The number of nitrogens with one attached hydrogen (secondary N) is 1.